The van der Waals surface area contributed by atoms with E-state index < -0.39 is 0 Å². The molecule has 3 heteroatoms. The second-order valence-electron chi connectivity index (χ2n) is 2.55. The van der Waals surface area contributed by atoms with Crippen LogP contribution in [0.2, 0.25) is 0 Å². The number of nitrogens with two attached hydrogens (primary N) is 1. The molecule has 0 aliphatic rings. The molecule has 0 bridgehead atoms. The Labute approximate surface area is 70.9 Å². The van der Waals surface area contributed by atoms with E-state index in [0.29, 0.717) is 11.1 Å². The van der Waals surface area contributed by atoms with Gasteiger partial charge in [-0.15, -0.1) is 0 Å². The van der Waals surface area contributed by atoms with Gasteiger partial charge in [-0.2, -0.15) is 0 Å². The van der Waals surface area contributed by atoms with Gasteiger partial charge in [-0.1, -0.05) is 6.58 Å². The zero-order chi connectivity index (χ0) is 9.14. The number of pyridine rings is 1. The second kappa shape index (κ2) is 3.17. The summed E-state index contributed by atoms with van der Waals surface area (Å²) in [7, 11) is 0. The van der Waals surface area contributed by atoms with Gasteiger partial charge >= 0.3 is 0 Å². The van der Waals surface area contributed by atoms with Crippen LogP contribution in [0.3, 0.4) is 0 Å². The third-order valence-corrected chi connectivity index (χ3v) is 1.47. The molecule has 1 heterocycles. The van der Waals surface area contributed by atoms with Gasteiger partial charge < -0.3 is 5.73 Å². The number of nitrogen functional groups attached to an aromatic ring is 1. The number of allylic oxidation sites excluding steroid dienone is 1. The minimum atomic E-state index is -0.152. The van der Waals surface area contributed by atoms with Crippen LogP contribution in [0.25, 0.3) is 0 Å². The first-order chi connectivity index (χ1) is 5.63. The summed E-state index contributed by atoms with van der Waals surface area (Å²) in [4.78, 5) is 15.1. The number of aromatic nitrogens is 1. The quantitative estimate of drug-likeness (QED) is 0.528. The Morgan fingerprint density at radius 1 is 1.67 bits per heavy atom. The summed E-state index contributed by atoms with van der Waals surface area (Å²) in [5, 5.41) is 0. The third-order valence-electron chi connectivity index (χ3n) is 1.47. The van der Waals surface area contributed by atoms with Crippen molar-refractivity contribution >= 4 is 11.6 Å². The summed E-state index contributed by atoms with van der Waals surface area (Å²) in [6.07, 6.45) is 1.55. The molecular formula is C9H10N2O. The molecule has 0 atom stereocenters. The highest BCUT2D eigenvalue weighted by Crippen LogP contribution is 2.11. The SMILES string of the molecule is C=C(C)C(=O)c1cccnc1N. The molecule has 3 nitrogen and oxygen atoms in total. The molecule has 0 radical (unpaired) electrons. The van der Waals surface area contributed by atoms with Gasteiger partial charge in [0, 0.05) is 6.20 Å². The van der Waals surface area contributed by atoms with E-state index in [0.717, 1.165) is 0 Å². The molecule has 1 rings (SSSR count). The van der Waals surface area contributed by atoms with E-state index in [4.69, 9.17) is 5.73 Å². The highest BCUT2D eigenvalue weighted by atomic mass is 16.1. The smallest absolute Gasteiger partial charge is 0.191 e. The molecule has 0 amide bonds. The number of Topliss-reactive ketones (excluding diaryl/α,β-unsaturated/α-hetero) is 1. The van der Waals surface area contributed by atoms with Crippen LogP contribution < -0.4 is 5.73 Å². The van der Waals surface area contributed by atoms with E-state index in [1.54, 1.807) is 25.3 Å². The van der Waals surface area contributed by atoms with Crippen molar-refractivity contribution in [1.82, 2.24) is 4.98 Å². The van der Waals surface area contributed by atoms with Gasteiger partial charge in [-0.25, -0.2) is 4.98 Å². The van der Waals surface area contributed by atoms with Crippen molar-refractivity contribution in [3.8, 4) is 0 Å². The first kappa shape index (κ1) is 8.46. The summed E-state index contributed by atoms with van der Waals surface area (Å²) in [5.74, 6) is 0.103. The van der Waals surface area contributed by atoms with Crippen molar-refractivity contribution in [2.45, 2.75) is 6.92 Å². The molecule has 1 aromatic heterocycles. The van der Waals surface area contributed by atoms with Crippen molar-refractivity contribution < 1.29 is 4.79 Å². The van der Waals surface area contributed by atoms with E-state index in [1.807, 2.05) is 0 Å². The summed E-state index contributed by atoms with van der Waals surface area (Å²) in [5.41, 5.74) is 6.37. The topological polar surface area (TPSA) is 56.0 Å². The number of anilines is 1. The summed E-state index contributed by atoms with van der Waals surface area (Å²) in [6.45, 7) is 5.19. The monoisotopic (exact) mass is 162 g/mol. The lowest BCUT2D eigenvalue weighted by Gasteiger charge is -2.01. The molecule has 2 N–H and O–H groups in total. The molecule has 0 aromatic carbocycles. The normalized spacial score (nSPS) is 9.42. The predicted molar refractivity (Wildman–Crippen MR) is 47.8 cm³/mol. The highest BCUT2D eigenvalue weighted by Gasteiger charge is 2.09. The van der Waals surface area contributed by atoms with Crippen LogP contribution in [0, 0.1) is 0 Å². The average molecular weight is 162 g/mol. The lowest BCUT2D eigenvalue weighted by atomic mass is 10.1. The molecule has 0 saturated carbocycles. The second-order valence-corrected chi connectivity index (χ2v) is 2.55. The van der Waals surface area contributed by atoms with Crippen molar-refractivity contribution in [1.29, 1.82) is 0 Å². The summed E-state index contributed by atoms with van der Waals surface area (Å²) >= 11 is 0. The van der Waals surface area contributed by atoms with Crippen LogP contribution in [0.15, 0.2) is 30.5 Å². The first-order valence-electron chi connectivity index (χ1n) is 3.53. The van der Waals surface area contributed by atoms with Crippen LogP contribution in [-0.2, 0) is 0 Å². The van der Waals surface area contributed by atoms with E-state index in [1.165, 1.54) is 0 Å². The lowest BCUT2D eigenvalue weighted by Crippen LogP contribution is -2.05. The van der Waals surface area contributed by atoms with Crippen molar-refractivity contribution in [3.05, 3.63) is 36.0 Å². The molecule has 62 valence electrons. The predicted octanol–water partition coefficient (Wildman–Crippen LogP) is 1.42. The Balaban J connectivity index is 3.11. The summed E-state index contributed by atoms with van der Waals surface area (Å²) in [6, 6.07) is 3.31. The van der Waals surface area contributed by atoms with Crippen LogP contribution in [0.1, 0.15) is 17.3 Å². The Bertz CT molecular complexity index is 331. The minimum Gasteiger partial charge on any atom is -0.383 e. The Kier molecular flexibility index (Phi) is 2.24. The van der Waals surface area contributed by atoms with E-state index in [2.05, 4.69) is 11.6 Å². The number of nitrogens with zero attached hydrogens (tertiary/aromatic N) is 1. The number of hydrogen-bond donors (Lipinski definition) is 1. The van der Waals surface area contributed by atoms with Gasteiger partial charge in [0.25, 0.3) is 0 Å². The molecular weight excluding hydrogens is 152 g/mol. The number of carbonyl (C=O) groups is 1. The Hall–Kier alpha value is -1.64. The maximum Gasteiger partial charge on any atom is 0.191 e. The van der Waals surface area contributed by atoms with Gasteiger partial charge in [0.1, 0.15) is 5.82 Å². The molecule has 0 spiro atoms. The maximum absolute atomic E-state index is 11.3. The minimum absolute atomic E-state index is 0.152. The fourth-order valence-electron chi connectivity index (χ4n) is 0.839. The standard InChI is InChI=1S/C9H10N2O/c1-6(2)8(12)7-4-3-5-11-9(7)10/h3-5H,1H2,2H3,(H2,10,11). The first-order valence-corrected chi connectivity index (χ1v) is 3.53. The molecule has 1 aromatic rings. The van der Waals surface area contributed by atoms with Gasteiger partial charge in [-0.3, -0.25) is 4.79 Å². The molecule has 0 aliphatic carbocycles. The molecule has 0 unspecified atom stereocenters. The summed E-state index contributed by atoms with van der Waals surface area (Å²) < 4.78 is 0. The fraction of sp³-hybridized carbons (Fsp3) is 0.111. The van der Waals surface area contributed by atoms with Gasteiger partial charge in [0.05, 0.1) is 5.56 Å². The molecule has 0 saturated heterocycles. The third kappa shape index (κ3) is 1.50. The van der Waals surface area contributed by atoms with E-state index in [9.17, 15) is 4.79 Å². The highest BCUT2D eigenvalue weighted by molar-refractivity contribution is 6.10. The molecule has 0 fully saturated rings. The van der Waals surface area contributed by atoms with Crippen LogP contribution in [0.4, 0.5) is 5.82 Å². The van der Waals surface area contributed by atoms with Gasteiger partial charge in [-0.05, 0) is 24.6 Å². The van der Waals surface area contributed by atoms with Crippen LogP contribution >= 0.6 is 0 Å². The Morgan fingerprint density at radius 2 is 2.33 bits per heavy atom. The Morgan fingerprint density at radius 3 is 2.83 bits per heavy atom. The zero-order valence-electron chi connectivity index (χ0n) is 6.87. The van der Waals surface area contributed by atoms with Gasteiger partial charge in [0.15, 0.2) is 5.78 Å². The van der Waals surface area contributed by atoms with E-state index >= 15 is 0 Å². The molecule has 12 heavy (non-hydrogen) atoms. The van der Waals surface area contributed by atoms with Gasteiger partial charge in [0.2, 0.25) is 0 Å². The van der Waals surface area contributed by atoms with Crippen molar-refractivity contribution in [2.24, 2.45) is 0 Å². The van der Waals surface area contributed by atoms with Crippen LogP contribution in [0.5, 0.6) is 0 Å². The largest absolute Gasteiger partial charge is 0.383 e. The maximum atomic E-state index is 11.3. The average Bonchev–Trinajstić information content (AvgIpc) is 2.04. The molecule has 0 aliphatic heterocycles. The van der Waals surface area contributed by atoms with E-state index in [-0.39, 0.29) is 11.6 Å². The van der Waals surface area contributed by atoms with Crippen molar-refractivity contribution in [3.63, 3.8) is 0 Å². The van der Waals surface area contributed by atoms with Crippen molar-refractivity contribution in [2.75, 3.05) is 5.73 Å². The zero-order valence-corrected chi connectivity index (χ0v) is 6.87. The fourth-order valence-corrected chi connectivity index (χ4v) is 0.839. The lowest BCUT2D eigenvalue weighted by molar-refractivity contribution is 0.103. The number of carbonyl (C=O) groups excluding carboxylic acids is 1. The number of rotatable bonds is 2. The number of hydrogen-bond acceptors (Lipinski definition) is 3. The van der Waals surface area contributed by atoms with Crippen LogP contribution in [-0.4, -0.2) is 10.8 Å². The number of ketones is 1.